The summed E-state index contributed by atoms with van der Waals surface area (Å²) >= 11 is 1.49. The van der Waals surface area contributed by atoms with Gasteiger partial charge in [-0.2, -0.15) is 0 Å². The molecule has 0 spiro atoms. The molecular formula is C26H27N3O4S2. The molecule has 0 aromatic heterocycles. The maximum absolute atomic E-state index is 13.2. The van der Waals surface area contributed by atoms with Crippen LogP contribution in [0.5, 0.6) is 0 Å². The molecule has 182 valence electrons. The van der Waals surface area contributed by atoms with Gasteiger partial charge in [-0.05, 0) is 55.8 Å². The summed E-state index contributed by atoms with van der Waals surface area (Å²) in [5.74, 6) is -0.344. The number of anilines is 2. The number of aryl methyl sites for hydroxylation is 1. The fourth-order valence-electron chi connectivity index (χ4n) is 3.77. The van der Waals surface area contributed by atoms with E-state index < -0.39 is 10.0 Å². The van der Waals surface area contributed by atoms with Crippen molar-refractivity contribution in [3.8, 4) is 0 Å². The summed E-state index contributed by atoms with van der Waals surface area (Å²) in [6, 6.07) is 19.5. The first-order valence-electron chi connectivity index (χ1n) is 11.4. The quantitative estimate of drug-likeness (QED) is 0.454. The zero-order valence-corrected chi connectivity index (χ0v) is 21.2. The Balaban J connectivity index is 1.45. The molecule has 0 saturated heterocycles. The van der Waals surface area contributed by atoms with Crippen molar-refractivity contribution in [1.82, 2.24) is 4.72 Å². The Morgan fingerprint density at radius 3 is 2.49 bits per heavy atom. The number of hydrogen-bond donors (Lipinski definition) is 2. The zero-order chi connectivity index (χ0) is 25.0. The smallest absolute Gasteiger partial charge is 0.259 e. The summed E-state index contributed by atoms with van der Waals surface area (Å²) in [5.41, 5.74) is 3.02. The lowest BCUT2D eigenvalue weighted by molar-refractivity contribution is -0.116. The number of benzene rings is 3. The Hall–Kier alpha value is -3.14. The van der Waals surface area contributed by atoms with Crippen molar-refractivity contribution in [1.29, 1.82) is 0 Å². The van der Waals surface area contributed by atoms with Crippen LogP contribution in [0.4, 0.5) is 11.4 Å². The van der Waals surface area contributed by atoms with E-state index in [4.69, 9.17) is 0 Å². The molecule has 4 rings (SSSR count). The summed E-state index contributed by atoms with van der Waals surface area (Å²) in [4.78, 5) is 29.4. The average molecular weight is 510 g/mol. The lowest BCUT2D eigenvalue weighted by Crippen LogP contribution is -2.31. The van der Waals surface area contributed by atoms with Gasteiger partial charge in [-0.25, -0.2) is 13.1 Å². The van der Waals surface area contributed by atoms with E-state index in [1.54, 1.807) is 23.1 Å². The second-order valence-corrected chi connectivity index (χ2v) is 11.1. The number of fused-ring (bicyclic) bond motifs is 2. The highest BCUT2D eigenvalue weighted by Gasteiger charge is 2.27. The van der Waals surface area contributed by atoms with Gasteiger partial charge < -0.3 is 10.2 Å². The lowest BCUT2D eigenvalue weighted by atomic mass is 10.1. The molecule has 3 aromatic rings. The molecule has 2 N–H and O–H groups in total. The lowest BCUT2D eigenvalue weighted by Gasteiger charge is -2.22. The number of carbonyl (C=O) groups is 2. The SMILES string of the molecule is CCCN1C(=O)c2ccccc2Sc2cc(NC(=O)CCNS(=O)(=O)c3ccc(C)cc3)ccc21. The van der Waals surface area contributed by atoms with Gasteiger partial charge in [0.2, 0.25) is 15.9 Å². The molecule has 2 amide bonds. The molecule has 0 radical (unpaired) electrons. The number of hydrogen-bond acceptors (Lipinski definition) is 5. The zero-order valence-electron chi connectivity index (χ0n) is 19.6. The van der Waals surface area contributed by atoms with Crippen LogP contribution < -0.4 is 14.9 Å². The van der Waals surface area contributed by atoms with Gasteiger partial charge in [0.1, 0.15) is 0 Å². The minimum atomic E-state index is -3.68. The fourth-order valence-corrected chi connectivity index (χ4v) is 5.92. The molecule has 0 atom stereocenters. The van der Waals surface area contributed by atoms with Gasteiger partial charge in [-0.1, -0.05) is 48.5 Å². The van der Waals surface area contributed by atoms with Gasteiger partial charge in [0.05, 0.1) is 16.1 Å². The van der Waals surface area contributed by atoms with Crippen molar-refractivity contribution in [2.24, 2.45) is 0 Å². The minimum absolute atomic E-state index is 0.0153. The van der Waals surface area contributed by atoms with E-state index in [1.165, 1.54) is 23.9 Å². The topological polar surface area (TPSA) is 95.6 Å². The van der Waals surface area contributed by atoms with Crippen LogP contribution in [-0.4, -0.2) is 33.3 Å². The molecule has 35 heavy (non-hydrogen) atoms. The van der Waals surface area contributed by atoms with Gasteiger partial charge in [0.15, 0.2) is 0 Å². The van der Waals surface area contributed by atoms with Gasteiger partial charge in [0, 0.05) is 35.0 Å². The fraction of sp³-hybridized carbons (Fsp3) is 0.231. The summed E-state index contributed by atoms with van der Waals surface area (Å²) < 4.78 is 27.3. The highest BCUT2D eigenvalue weighted by Crippen LogP contribution is 2.42. The molecule has 0 unspecified atom stereocenters. The highest BCUT2D eigenvalue weighted by molar-refractivity contribution is 7.99. The normalized spacial score (nSPS) is 13.1. The van der Waals surface area contributed by atoms with Gasteiger partial charge in [-0.15, -0.1) is 0 Å². The molecule has 1 heterocycles. The number of rotatable bonds is 8. The number of carbonyl (C=O) groups excluding carboxylic acids is 2. The molecule has 0 saturated carbocycles. The molecule has 3 aromatic carbocycles. The van der Waals surface area contributed by atoms with Crippen molar-refractivity contribution in [3.05, 3.63) is 77.9 Å². The Bertz CT molecular complexity index is 1360. The van der Waals surface area contributed by atoms with Crippen molar-refractivity contribution < 1.29 is 18.0 Å². The van der Waals surface area contributed by atoms with E-state index in [0.717, 1.165) is 27.5 Å². The first kappa shape index (κ1) is 25.0. The molecule has 1 aliphatic heterocycles. The molecule has 9 heteroatoms. The Labute approximate surface area is 210 Å². The van der Waals surface area contributed by atoms with Crippen molar-refractivity contribution in [3.63, 3.8) is 0 Å². The van der Waals surface area contributed by atoms with E-state index in [-0.39, 0.29) is 29.7 Å². The largest absolute Gasteiger partial charge is 0.326 e. The average Bonchev–Trinajstić information content (AvgIpc) is 2.94. The maximum atomic E-state index is 13.2. The van der Waals surface area contributed by atoms with Crippen molar-refractivity contribution in [2.75, 3.05) is 23.3 Å². The maximum Gasteiger partial charge on any atom is 0.259 e. The van der Waals surface area contributed by atoms with E-state index in [0.29, 0.717) is 17.8 Å². The van der Waals surface area contributed by atoms with Crippen LogP contribution in [0.2, 0.25) is 0 Å². The summed E-state index contributed by atoms with van der Waals surface area (Å²) in [7, 11) is -3.68. The number of nitrogens with zero attached hydrogens (tertiary/aromatic N) is 1. The Kier molecular flexibility index (Phi) is 7.59. The summed E-state index contributed by atoms with van der Waals surface area (Å²) in [6.45, 7) is 4.48. The Morgan fingerprint density at radius 2 is 1.74 bits per heavy atom. The van der Waals surface area contributed by atoms with Crippen LogP contribution in [0, 0.1) is 6.92 Å². The minimum Gasteiger partial charge on any atom is -0.326 e. The van der Waals surface area contributed by atoms with E-state index in [2.05, 4.69) is 10.0 Å². The third kappa shape index (κ3) is 5.75. The van der Waals surface area contributed by atoms with Crippen molar-refractivity contribution >= 4 is 45.0 Å². The molecule has 7 nitrogen and oxygen atoms in total. The number of nitrogens with one attached hydrogen (secondary N) is 2. The molecule has 0 bridgehead atoms. The first-order chi connectivity index (χ1) is 16.8. The summed E-state index contributed by atoms with van der Waals surface area (Å²) in [5, 5.41) is 2.84. The second-order valence-electron chi connectivity index (χ2n) is 8.25. The van der Waals surface area contributed by atoms with Crippen LogP contribution in [0.1, 0.15) is 35.7 Å². The Morgan fingerprint density at radius 1 is 1.00 bits per heavy atom. The van der Waals surface area contributed by atoms with Crippen LogP contribution in [0.25, 0.3) is 0 Å². The van der Waals surface area contributed by atoms with Crippen LogP contribution in [0.3, 0.4) is 0 Å². The third-order valence-corrected chi connectivity index (χ3v) is 8.14. The van der Waals surface area contributed by atoms with E-state index in [9.17, 15) is 18.0 Å². The van der Waals surface area contributed by atoms with Gasteiger partial charge >= 0.3 is 0 Å². The number of sulfonamides is 1. The predicted molar refractivity (Wildman–Crippen MR) is 139 cm³/mol. The van der Waals surface area contributed by atoms with E-state index >= 15 is 0 Å². The molecule has 0 fully saturated rings. The third-order valence-electron chi connectivity index (χ3n) is 5.54. The highest BCUT2D eigenvalue weighted by atomic mass is 32.2. The molecule has 1 aliphatic rings. The number of amides is 2. The molecular weight excluding hydrogens is 482 g/mol. The van der Waals surface area contributed by atoms with Gasteiger partial charge in [0.25, 0.3) is 5.91 Å². The van der Waals surface area contributed by atoms with Gasteiger partial charge in [-0.3, -0.25) is 9.59 Å². The van der Waals surface area contributed by atoms with E-state index in [1.807, 2.05) is 50.2 Å². The summed E-state index contributed by atoms with van der Waals surface area (Å²) in [6.07, 6.45) is 0.799. The first-order valence-corrected chi connectivity index (χ1v) is 13.7. The predicted octanol–water partition coefficient (Wildman–Crippen LogP) is 4.82. The second kappa shape index (κ2) is 10.6. The van der Waals surface area contributed by atoms with Crippen LogP contribution in [0.15, 0.2) is 81.4 Å². The standard InChI is InChI=1S/C26H27N3O4S2/c1-3-16-29-22-13-10-19(17-24(22)34-23-7-5-4-6-21(23)26(29)31)28-25(30)14-15-27-35(32,33)20-11-8-18(2)9-12-20/h4-13,17,27H,3,14-16H2,1-2H3,(H,28,30). The van der Waals surface area contributed by atoms with Crippen molar-refractivity contribution in [2.45, 2.75) is 41.4 Å². The van der Waals surface area contributed by atoms with Crippen LogP contribution >= 0.6 is 11.8 Å². The van der Waals surface area contributed by atoms with Crippen LogP contribution in [-0.2, 0) is 14.8 Å². The molecule has 0 aliphatic carbocycles. The monoisotopic (exact) mass is 509 g/mol.